The molecule has 4 unspecified atom stereocenters. The molecular formula is C25H35N5O5S. The Hall–Kier alpha value is -3.05. The van der Waals surface area contributed by atoms with Crippen molar-refractivity contribution in [1.82, 2.24) is 20.5 Å². The predicted octanol–water partition coefficient (Wildman–Crippen LogP) is 1.06. The summed E-state index contributed by atoms with van der Waals surface area (Å²) >= 11 is 4.01. The average Bonchev–Trinajstić information content (AvgIpc) is 3.48. The molecule has 10 nitrogen and oxygen atoms in total. The molecule has 11 heteroatoms. The number of carbonyl (C=O) groups is 4. The Kier molecular flexibility index (Phi) is 9.38. The molecule has 1 saturated heterocycles. The van der Waals surface area contributed by atoms with Crippen molar-refractivity contribution < 1.29 is 24.3 Å². The summed E-state index contributed by atoms with van der Waals surface area (Å²) in [5.41, 5.74) is 7.77. The second-order valence-corrected chi connectivity index (χ2v) is 10.00. The topological polar surface area (TPSA) is 158 Å². The SMILES string of the molecule is CC(C)CC(N)C(=O)N1CCCC1C(=O)NC(Cc1c[nH]c2ccccc12)C(=O)NC(CS)C(=O)O. The van der Waals surface area contributed by atoms with Crippen LogP contribution in [0.5, 0.6) is 0 Å². The Morgan fingerprint density at radius 3 is 2.58 bits per heavy atom. The number of carbonyl (C=O) groups excluding carboxylic acids is 3. The van der Waals surface area contributed by atoms with Gasteiger partial charge in [-0.05, 0) is 36.8 Å². The molecule has 1 aliphatic rings. The second-order valence-electron chi connectivity index (χ2n) is 9.63. The predicted molar refractivity (Wildman–Crippen MR) is 140 cm³/mol. The highest BCUT2D eigenvalue weighted by atomic mass is 32.1. The van der Waals surface area contributed by atoms with Crippen LogP contribution in [-0.4, -0.2) is 75.1 Å². The summed E-state index contributed by atoms with van der Waals surface area (Å²) in [5.74, 6) is -2.47. The number of H-pyrrole nitrogens is 1. The number of nitrogens with zero attached hydrogens (tertiary/aromatic N) is 1. The Morgan fingerprint density at radius 2 is 1.92 bits per heavy atom. The van der Waals surface area contributed by atoms with E-state index < -0.39 is 42.0 Å². The summed E-state index contributed by atoms with van der Waals surface area (Å²) in [5, 5.41) is 15.5. The fraction of sp³-hybridized carbons (Fsp3) is 0.520. The number of amides is 3. The number of hydrogen-bond donors (Lipinski definition) is 6. The number of nitrogens with one attached hydrogen (secondary N) is 3. The highest BCUT2D eigenvalue weighted by Crippen LogP contribution is 2.22. The summed E-state index contributed by atoms with van der Waals surface area (Å²) in [6.45, 7) is 4.37. The number of hydrogen-bond acceptors (Lipinski definition) is 6. The van der Waals surface area contributed by atoms with Crippen LogP contribution in [0.15, 0.2) is 30.5 Å². The third-order valence-electron chi connectivity index (χ3n) is 6.41. The number of carboxylic acid groups (broad SMARTS) is 1. The molecule has 2 aromatic rings. The molecule has 0 aliphatic carbocycles. The van der Waals surface area contributed by atoms with Crippen LogP contribution in [0.2, 0.25) is 0 Å². The molecule has 3 amide bonds. The molecule has 0 spiro atoms. The molecule has 0 bridgehead atoms. The first-order valence-electron chi connectivity index (χ1n) is 12.2. The summed E-state index contributed by atoms with van der Waals surface area (Å²) in [4.78, 5) is 55.5. The van der Waals surface area contributed by atoms with Crippen molar-refractivity contribution >= 4 is 47.2 Å². The number of benzene rings is 1. The van der Waals surface area contributed by atoms with Gasteiger partial charge in [-0.25, -0.2) is 4.79 Å². The van der Waals surface area contributed by atoms with Gasteiger partial charge in [0.15, 0.2) is 0 Å². The Bertz CT molecular complexity index is 1100. The number of likely N-dealkylation sites (tertiary alicyclic amines) is 1. The minimum Gasteiger partial charge on any atom is -0.480 e. The van der Waals surface area contributed by atoms with Crippen molar-refractivity contribution in [3.05, 3.63) is 36.0 Å². The number of aromatic amines is 1. The van der Waals surface area contributed by atoms with Crippen LogP contribution >= 0.6 is 12.6 Å². The van der Waals surface area contributed by atoms with Crippen molar-refractivity contribution in [1.29, 1.82) is 0 Å². The molecule has 1 aliphatic heterocycles. The van der Waals surface area contributed by atoms with E-state index in [1.807, 2.05) is 38.1 Å². The lowest BCUT2D eigenvalue weighted by Crippen LogP contribution is -2.57. The van der Waals surface area contributed by atoms with Crippen molar-refractivity contribution in [2.75, 3.05) is 12.3 Å². The van der Waals surface area contributed by atoms with Crippen LogP contribution in [-0.2, 0) is 25.6 Å². The van der Waals surface area contributed by atoms with Crippen molar-refractivity contribution in [3.63, 3.8) is 0 Å². The van der Waals surface area contributed by atoms with Gasteiger partial charge in [-0.1, -0.05) is 32.0 Å². The summed E-state index contributed by atoms with van der Waals surface area (Å²) in [7, 11) is 0. The standard InChI is InChI=1S/C25H35N5O5S/c1-14(2)10-17(26)24(33)30-9-5-8-21(30)23(32)28-19(22(31)29-20(13-36)25(34)35)11-15-12-27-18-7-4-3-6-16(15)18/h3-4,6-7,12,14,17,19-21,27,36H,5,8-11,13,26H2,1-2H3,(H,28,32)(H,29,31)(H,34,35). The number of nitrogens with two attached hydrogens (primary N) is 1. The molecule has 1 aromatic carbocycles. The maximum Gasteiger partial charge on any atom is 0.327 e. The minimum atomic E-state index is -1.22. The molecule has 36 heavy (non-hydrogen) atoms. The Balaban J connectivity index is 1.80. The van der Waals surface area contributed by atoms with Gasteiger partial charge in [0.25, 0.3) is 0 Å². The summed E-state index contributed by atoms with van der Waals surface area (Å²) in [6.07, 6.45) is 3.52. The monoisotopic (exact) mass is 517 g/mol. The maximum atomic E-state index is 13.3. The van der Waals surface area contributed by atoms with Gasteiger partial charge < -0.3 is 31.4 Å². The van der Waals surface area contributed by atoms with E-state index in [1.54, 1.807) is 6.20 Å². The molecule has 196 valence electrons. The lowest BCUT2D eigenvalue weighted by molar-refractivity contribution is -0.142. The number of aliphatic carboxylic acids is 1. The van der Waals surface area contributed by atoms with Crippen LogP contribution in [0.25, 0.3) is 10.9 Å². The maximum absolute atomic E-state index is 13.3. The van der Waals surface area contributed by atoms with E-state index in [-0.39, 0.29) is 24.0 Å². The Labute approximate surface area is 215 Å². The normalized spacial score (nSPS) is 18.1. The molecule has 1 aromatic heterocycles. The zero-order chi connectivity index (χ0) is 26.4. The molecule has 3 rings (SSSR count). The minimum absolute atomic E-state index is 0.104. The molecule has 4 atom stereocenters. The lowest BCUT2D eigenvalue weighted by Gasteiger charge is -2.29. The highest BCUT2D eigenvalue weighted by Gasteiger charge is 2.38. The van der Waals surface area contributed by atoms with E-state index in [0.29, 0.717) is 25.8 Å². The van der Waals surface area contributed by atoms with Gasteiger partial charge in [-0.2, -0.15) is 12.6 Å². The smallest absolute Gasteiger partial charge is 0.327 e. The van der Waals surface area contributed by atoms with Crippen molar-refractivity contribution in [2.45, 2.75) is 63.7 Å². The molecular weight excluding hydrogens is 482 g/mol. The van der Waals surface area contributed by atoms with Gasteiger partial charge in [-0.15, -0.1) is 0 Å². The van der Waals surface area contributed by atoms with Crippen LogP contribution in [0, 0.1) is 5.92 Å². The average molecular weight is 518 g/mol. The van der Waals surface area contributed by atoms with E-state index in [4.69, 9.17) is 5.73 Å². The second kappa shape index (κ2) is 12.3. The third kappa shape index (κ3) is 6.58. The third-order valence-corrected chi connectivity index (χ3v) is 6.78. The Morgan fingerprint density at radius 1 is 1.19 bits per heavy atom. The fourth-order valence-corrected chi connectivity index (χ4v) is 4.83. The zero-order valence-electron chi connectivity index (χ0n) is 20.6. The molecule has 6 N–H and O–H groups in total. The van der Waals surface area contributed by atoms with Gasteiger partial charge in [0, 0.05) is 35.8 Å². The molecule has 2 heterocycles. The van der Waals surface area contributed by atoms with E-state index >= 15 is 0 Å². The molecule has 0 radical (unpaired) electrons. The van der Waals surface area contributed by atoms with E-state index in [2.05, 4.69) is 28.2 Å². The van der Waals surface area contributed by atoms with E-state index in [1.165, 1.54) is 4.90 Å². The lowest BCUT2D eigenvalue weighted by atomic mass is 10.0. The number of para-hydroxylation sites is 1. The van der Waals surface area contributed by atoms with Crippen molar-refractivity contribution in [2.24, 2.45) is 11.7 Å². The van der Waals surface area contributed by atoms with Gasteiger partial charge in [0.05, 0.1) is 6.04 Å². The first-order valence-corrected chi connectivity index (χ1v) is 12.8. The number of rotatable bonds is 11. The highest BCUT2D eigenvalue weighted by molar-refractivity contribution is 7.80. The largest absolute Gasteiger partial charge is 0.480 e. The number of fused-ring (bicyclic) bond motifs is 1. The van der Waals surface area contributed by atoms with Crippen molar-refractivity contribution in [3.8, 4) is 0 Å². The fourth-order valence-electron chi connectivity index (χ4n) is 4.58. The first kappa shape index (κ1) is 27.5. The zero-order valence-corrected chi connectivity index (χ0v) is 21.5. The van der Waals surface area contributed by atoms with Gasteiger partial charge in [0.2, 0.25) is 17.7 Å². The summed E-state index contributed by atoms with van der Waals surface area (Å²) in [6, 6.07) is 3.85. The number of carboxylic acids is 1. The quantitative estimate of drug-likeness (QED) is 0.245. The van der Waals surface area contributed by atoms with E-state index in [0.717, 1.165) is 16.5 Å². The number of aromatic nitrogens is 1. The molecule has 1 fully saturated rings. The molecule has 0 saturated carbocycles. The number of thiol groups is 1. The first-order chi connectivity index (χ1) is 17.1. The van der Waals surface area contributed by atoms with Gasteiger partial charge >= 0.3 is 5.97 Å². The van der Waals surface area contributed by atoms with Crippen LogP contribution in [0.4, 0.5) is 0 Å². The van der Waals surface area contributed by atoms with Crippen LogP contribution < -0.4 is 16.4 Å². The van der Waals surface area contributed by atoms with Crippen LogP contribution in [0.3, 0.4) is 0 Å². The summed E-state index contributed by atoms with van der Waals surface area (Å²) < 4.78 is 0. The van der Waals surface area contributed by atoms with Gasteiger partial charge in [0.1, 0.15) is 18.1 Å². The van der Waals surface area contributed by atoms with E-state index in [9.17, 15) is 24.3 Å². The van der Waals surface area contributed by atoms with Crippen LogP contribution in [0.1, 0.15) is 38.7 Å². The van der Waals surface area contributed by atoms with Gasteiger partial charge in [-0.3, -0.25) is 14.4 Å².